The number of benzene rings is 2. The summed E-state index contributed by atoms with van der Waals surface area (Å²) in [5.41, 5.74) is 1.82. The molecule has 25 heavy (non-hydrogen) atoms. The quantitative estimate of drug-likeness (QED) is 0.449. The fourth-order valence-corrected chi connectivity index (χ4v) is 2.30. The summed E-state index contributed by atoms with van der Waals surface area (Å²) in [7, 11) is 0. The van der Waals surface area contributed by atoms with Crippen LogP contribution in [-0.4, -0.2) is 32.5 Å². The van der Waals surface area contributed by atoms with Gasteiger partial charge in [-0.3, -0.25) is 0 Å². The third-order valence-electron chi connectivity index (χ3n) is 3.75. The molecule has 0 bridgehead atoms. The summed E-state index contributed by atoms with van der Waals surface area (Å²) in [5.74, 6) is -0.299. The monoisotopic (exact) mass is 346 g/mol. The number of β-amino-alcohol motifs (C(OH)–C–C–N with tert-alkyl or cyclic N) is 1. The molecule has 1 atom stereocenters. The Bertz CT molecular complexity index is 726. The van der Waals surface area contributed by atoms with Gasteiger partial charge in [0.2, 0.25) is 0 Å². The lowest BCUT2D eigenvalue weighted by molar-refractivity contribution is 0.163. The van der Waals surface area contributed by atoms with Crippen LogP contribution in [-0.2, 0) is 6.54 Å². The van der Waals surface area contributed by atoms with Crippen molar-refractivity contribution in [2.24, 2.45) is 0 Å². The van der Waals surface area contributed by atoms with Crippen molar-refractivity contribution in [3.8, 4) is 17.2 Å². The molecule has 0 aliphatic heterocycles. The second-order valence-corrected chi connectivity index (χ2v) is 7.10. The van der Waals surface area contributed by atoms with Gasteiger partial charge in [0, 0.05) is 18.6 Å². The highest BCUT2D eigenvalue weighted by molar-refractivity contribution is 5.58. The average molecular weight is 346 g/mol. The molecule has 2 aromatic carbocycles. The molecular weight excluding hydrogens is 320 g/mol. The fraction of sp³-hybridized carbons (Fsp3) is 0.368. The average Bonchev–Trinajstić information content (AvgIpc) is 2.54. The Morgan fingerprint density at radius 2 is 1.60 bits per heavy atom. The van der Waals surface area contributed by atoms with E-state index in [4.69, 9.17) is 0 Å². The van der Waals surface area contributed by atoms with E-state index in [0.29, 0.717) is 24.3 Å². The Hall–Kier alpha value is -2.44. The Kier molecular flexibility index (Phi) is 5.77. The minimum absolute atomic E-state index is 0.0720. The highest BCUT2D eigenvalue weighted by Gasteiger charge is 2.15. The summed E-state index contributed by atoms with van der Waals surface area (Å²) in [6.45, 7) is 6.82. The number of anilines is 1. The van der Waals surface area contributed by atoms with Crippen molar-refractivity contribution in [2.45, 2.75) is 39.0 Å². The minimum atomic E-state index is -0.696. The van der Waals surface area contributed by atoms with Gasteiger partial charge < -0.3 is 31.1 Å². The maximum Gasteiger partial charge on any atom is 0.157 e. The first kappa shape index (κ1) is 18.9. The van der Waals surface area contributed by atoms with Gasteiger partial charge >= 0.3 is 0 Å². The molecule has 0 radical (unpaired) electrons. The molecular formula is C19H26N2O4. The fourth-order valence-electron chi connectivity index (χ4n) is 2.30. The van der Waals surface area contributed by atoms with Crippen LogP contribution in [0.2, 0.25) is 0 Å². The molecule has 0 amide bonds. The van der Waals surface area contributed by atoms with Gasteiger partial charge in [0.05, 0.1) is 11.8 Å². The molecule has 0 aromatic heterocycles. The van der Waals surface area contributed by atoms with Crippen molar-refractivity contribution in [1.29, 1.82) is 0 Å². The summed E-state index contributed by atoms with van der Waals surface area (Å²) in [5, 5.41) is 45.5. The Morgan fingerprint density at radius 3 is 2.24 bits per heavy atom. The van der Waals surface area contributed by atoms with Gasteiger partial charge in [-0.25, -0.2) is 0 Å². The molecule has 6 heteroatoms. The molecule has 0 aliphatic carbocycles. The molecule has 0 saturated heterocycles. The van der Waals surface area contributed by atoms with Crippen LogP contribution in [0.5, 0.6) is 17.2 Å². The first-order valence-electron chi connectivity index (χ1n) is 8.16. The lowest BCUT2D eigenvalue weighted by Crippen LogP contribution is -2.38. The van der Waals surface area contributed by atoms with Crippen LogP contribution in [0, 0.1) is 0 Å². The van der Waals surface area contributed by atoms with Crippen molar-refractivity contribution in [3.63, 3.8) is 0 Å². The van der Waals surface area contributed by atoms with E-state index >= 15 is 0 Å². The van der Waals surface area contributed by atoms with E-state index in [-0.39, 0.29) is 22.8 Å². The third kappa shape index (κ3) is 5.55. The molecule has 0 spiro atoms. The normalized spacial score (nSPS) is 12.8. The van der Waals surface area contributed by atoms with Gasteiger partial charge in [-0.15, -0.1) is 0 Å². The van der Waals surface area contributed by atoms with Gasteiger partial charge in [0.15, 0.2) is 11.5 Å². The second kappa shape index (κ2) is 7.63. The number of aromatic hydroxyl groups is 3. The largest absolute Gasteiger partial charge is 0.506 e. The molecule has 0 saturated carbocycles. The molecule has 6 nitrogen and oxygen atoms in total. The number of phenols is 3. The molecule has 1 unspecified atom stereocenters. The number of hydrogen-bond acceptors (Lipinski definition) is 6. The maximum absolute atomic E-state index is 10.3. The van der Waals surface area contributed by atoms with E-state index in [0.717, 1.165) is 5.56 Å². The number of phenolic OH excluding ortho intramolecular Hbond substituents is 3. The SMILES string of the molecule is CC(C)(C)NCC(O)c1ccc(O)c(NCc2ccc(O)c(O)c2)c1. The lowest BCUT2D eigenvalue weighted by Gasteiger charge is -2.23. The van der Waals surface area contributed by atoms with Crippen LogP contribution >= 0.6 is 0 Å². The molecule has 0 aliphatic rings. The zero-order chi connectivity index (χ0) is 18.6. The van der Waals surface area contributed by atoms with Gasteiger partial charge in [-0.2, -0.15) is 0 Å². The number of aliphatic hydroxyl groups excluding tert-OH is 1. The van der Waals surface area contributed by atoms with Crippen LogP contribution in [0.25, 0.3) is 0 Å². The van der Waals surface area contributed by atoms with E-state index in [1.165, 1.54) is 18.2 Å². The molecule has 2 rings (SSSR count). The Labute approximate surface area is 147 Å². The highest BCUT2D eigenvalue weighted by Crippen LogP contribution is 2.29. The van der Waals surface area contributed by atoms with E-state index in [1.54, 1.807) is 18.2 Å². The van der Waals surface area contributed by atoms with Gasteiger partial charge in [-0.1, -0.05) is 12.1 Å². The topological polar surface area (TPSA) is 105 Å². The summed E-state index contributed by atoms with van der Waals surface area (Å²) in [6, 6.07) is 9.44. The summed E-state index contributed by atoms with van der Waals surface area (Å²) in [4.78, 5) is 0. The molecule has 0 heterocycles. The number of nitrogens with one attached hydrogen (secondary N) is 2. The summed E-state index contributed by atoms with van der Waals surface area (Å²) in [6.07, 6.45) is -0.696. The third-order valence-corrected chi connectivity index (χ3v) is 3.75. The highest BCUT2D eigenvalue weighted by atomic mass is 16.3. The van der Waals surface area contributed by atoms with E-state index in [2.05, 4.69) is 10.6 Å². The van der Waals surface area contributed by atoms with Crippen LogP contribution in [0.4, 0.5) is 5.69 Å². The van der Waals surface area contributed by atoms with Crippen LogP contribution in [0.3, 0.4) is 0 Å². The van der Waals surface area contributed by atoms with Gasteiger partial charge in [0.25, 0.3) is 0 Å². The predicted octanol–water partition coefficient (Wildman–Crippen LogP) is 2.84. The first-order chi connectivity index (χ1) is 11.7. The van der Waals surface area contributed by atoms with Crippen LogP contribution in [0.15, 0.2) is 36.4 Å². The second-order valence-electron chi connectivity index (χ2n) is 7.10. The van der Waals surface area contributed by atoms with E-state index in [1.807, 2.05) is 20.8 Å². The number of rotatable bonds is 6. The van der Waals surface area contributed by atoms with Crippen LogP contribution < -0.4 is 10.6 Å². The lowest BCUT2D eigenvalue weighted by atomic mass is 10.1. The van der Waals surface area contributed by atoms with Crippen molar-refractivity contribution >= 4 is 5.69 Å². The maximum atomic E-state index is 10.3. The van der Waals surface area contributed by atoms with Crippen molar-refractivity contribution in [2.75, 3.05) is 11.9 Å². The zero-order valence-electron chi connectivity index (χ0n) is 14.7. The predicted molar refractivity (Wildman–Crippen MR) is 97.9 cm³/mol. The van der Waals surface area contributed by atoms with Crippen molar-refractivity contribution in [1.82, 2.24) is 5.32 Å². The van der Waals surface area contributed by atoms with Crippen LogP contribution in [0.1, 0.15) is 38.0 Å². The standard InChI is InChI=1S/C19H26N2O4/c1-19(2,3)21-11-18(25)13-5-7-15(22)14(9-13)20-10-12-4-6-16(23)17(24)8-12/h4-9,18,20-25H,10-11H2,1-3H3. The Balaban J connectivity index is 2.06. The molecule has 0 fully saturated rings. The number of hydrogen-bond donors (Lipinski definition) is 6. The van der Waals surface area contributed by atoms with Crippen molar-refractivity contribution in [3.05, 3.63) is 47.5 Å². The Morgan fingerprint density at radius 1 is 0.920 bits per heavy atom. The summed E-state index contributed by atoms with van der Waals surface area (Å²) < 4.78 is 0. The number of aliphatic hydroxyl groups is 1. The summed E-state index contributed by atoms with van der Waals surface area (Å²) >= 11 is 0. The van der Waals surface area contributed by atoms with Gasteiger partial charge in [-0.05, 0) is 56.2 Å². The first-order valence-corrected chi connectivity index (χ1v) is 8.16. The molecule has 6 N–H and O–H groups in total. The minimum Gasteiger partial charge on any atom is -0.506 e. The van der Waals surface area contributed by atoms with Crippen molar-refractivity contribution < 1.29 is 20.4 Å². The van der Waals surface area contributed by atoms with E-state index < -0.39 is 6.10 Å². The smallest absolute Gasteiger partial charge is 0.157 e. The van der Waals surface area contributed by atoms with E-state index in [9.17, 15) is 20.4 Å². The molecule has 136 valence electrons. The van der Waals surface area contributed by atoms with Gasteiger partial charge in [0.1, 0.15) is 5.75 Å². The zero-order valence-corrected chi connectivity index (χ0v) is 14.7. The molecule has 2 aromatic rings.